The fourth-order valence-corrected chi connectivity index (χ4v) is 2.12. The van der Waals surface area contributed by atoms with E-state index in [1.807, 2.05) is 0 Å². The van der Waals surface area contributed by atoms with Crippen molar-refractivity contribution >= 4 is 11.9 Å². The number of aliphatic carboxylic acids is 1. The highest BCUT2D eigenvalue weighted by atomic mass is 19.3. The van der Waals surface area contributed by atoms with Crippen LogP contribution in [0, 0.1) is 0 Å². The number of nitrogens with one attached hydrogen (secondary N) is 1. The van der Waals surface area contributed by atoms with E-state index in [1.165, 1.54) is 17.0 Å². The van der Waals surface area contributed by atoms with E-state index in [-0.39, 0.29) is 25.6 Å². The van der Waals surface area contributed by atoms with Gasteiger partial charge in [-0.05, 0) is 13.1 Å². The fourth-order valence-electron chi connectivity index (χ4n) is 2.12. The van der Waals surface area contributed by atoms with Crippen molar-refractivity contribution in [3.8, 4) is 17.2 Å². The molecule has 8 nitrogen and oxygen atoms in total. The van der Waals surface area contributed by atoms with Gasteiger partial charge in [0.15, 0.2) is 11.5 Å². The molecule has 0 fully saturated rings. The predicted molar refractivity (Wildman–Crippen MR) is 76.2 cm³/mol. The molecule has 1 aromatic carbocycles. The highest BCUT2D eigenvalue weighted by molar-refractivity contribution is 5.82. The van der Waals surface area contributed by atoms with Crippen LogP contribution >= 0.6 is 0 Å². The molecule has 1 amide bonds. The molecule has 0 saturated carbocycles. The molecular formula is C14H16F2N2O6. The number of benzene rings is 1. The highest BCUT2D eigenvalue weighted by Gasteiger charge is 2.21. The Morgan fingerprint density at radius 1 is 1.38 bits per heavy atom. The van der Waals surface area contributed by atoms with Crippen LogP contribution in [0.25, 0.3) is 0 Å². The van der Waals surface area contributed by atoms with Gasteiger partial charge in [-0.2, -0.15) is 8.78 Å². The molecule has 0 aliphatic carbocycles. The van der Waals surface area contributed by atoms with Crippen LogP contribution in [0.2, 0.25) is 0 Å². The third kappa shape index (κ3) is 4.95. The van der Waals surface area contributed by atoms with Gasteiger partial charge in [0.05, 0.1) is 6.54 Å². The van der Waals surface area contributed by atoms with Crippen molar-refractivity contribution in [1.82, 2.24) is 10.2 Å². The van der Waals surface area contributed by atoms with Crippen LogP contribution in [-0.2, 0) is 16.1 Å². The van der Waals surface area contributed by atoms with Gasteiger partial charge in [-0.25, -0.2) is 0 Å². The number of ether oxygens (including phenoxy) is 3. The number of carbonyl (C=O) groups is 2. The van der Waals surface area contributed by atoms with Gasteiger partial charge in [-0.15, -0.1) is 0 Å². The Morgan fingerprint density at radius 2 is 2.04 bits per heavy atom. The van der Waals surface area contributed by atoms with Gasteiger partial charge in [0.2, 0.25) is 12.7 Å². The average Bonchev–Trinajstić information content (AvgIpc) is 2.91. The van der Waals surface area contributed by atoms with Gasteiger partial charge in [-0.3, -0.25) is 14.5 Å². The summed E-state index contributed by atoms with van der Waals surface area (Å²) in [5.41, 5.74) is 0.382. The lowest BCUT2D eigenvalue weighted by Crippen LogP contribution is -2.37. The molecular weight excluding hydrogens is 330 g/mol. The van der Waals surface area contributed by atoms with Crippen LogP contribution in [0.15, 0.2) is 12.1 Å². The molecule has 1 heterocycles. The van der Waals surface area contributed by atoms with E-state index in [0.717, 1.165) is 0 Å². The number of carbonyl (C=O) groups excluding carboxylic acids is 1. The first-order valence-corrected chi connectivity index (χ1v) is 6.89. The van der Waals surface area contributed by atoms with Crippen molar-refractivity contribution in [3.63, 3.8) is 0 Å². The number of carboxylic acid groups (broad SMARTS) is 1. The summed E-state index contributed by atoms with van der Waals surface area (Å²) in [6, 6.07) is 2.81. The fraction of sp³-hybridized carbons (Fsp3) is 0.429. The predicted octanol–water partition coefficient (Wildman–Crippen LogP) is 0.649. The molecule has 10 heteroatoms. The van der Waals surface area contributed by atoms with Crippen LogP contribution in [0.1, 0.15) is 5.56 Å². The van der Waals surface area contributed by atoms with E-state index in [2.05, 4.69) is 10.1 Å². The molecule has 0 aromatic heterocycles. The lowest BCUT2D eigenvalue weighted by molar-refractivity contribution is -0.138. The first-order valence-electron chi connectivity index (χ1n) is 6.89. The minimum Gasteiger partial charge on any atom is -0.480 e. The van der Waals surface area contributed by atoms with Gasteiger partial charge in [0.25, 0.3) is 0 Å². The summed E-state index contributed by atoms with van der Waals surface area (Å²) in [7, 11) is 1.58. The normalized spacial score (nSPS) is 12.5. The van der Waals surface area contributed by atoms with Crippen LogP contribution in [0.3, 0.4) is 0 Å². The Balaban J connectivity index is 2.04. The van der Waals surface area contributed by atoms with Crippen molar-refractivity contribution < 1.29 is 37.7 Å². The molecule has 2 rings (SSSR count). The van der Waals surface area contributed by atoms with Crippen LogP contribution < -0.4 is 19.5 Å². The number of nitrogens with zero attached hydrogens (tertiary/aromatic N) is 1. The molecule has 0 spiro atoms. The summed E-state index contributed by atoms with van der Waals surface area (Å²) in [5, 5.41) is 10.7. The standard InChI is InChI=1S/C14H16F2N2O6/c1-18(6-12(19)17-4-13(20)21)5-8-2-10-11(23-7-22-10)3-9(8)24-14(15)16/h2-3,14H,4-7H2,1H3,(H,17,19)(H,20,21). The summed E-state index contributed by atoms with van der Waals surface area (Å²) in [6.45, 7) is -3.51. The zero-order valence-corrected chi connectivity index (χ0v) is 12.8. The van der Waals surface area contributed by atoms with Crippen molar-refractivity contribution in [3.05, 3.63) is 17.7 Å². The number of rotatable bonds is 8. The van der Waals surface area contributed by atoms with E-state index >= 15 is 0 Å². The van der Waals surface area contributed by atoms with Gasteiger partial charge in [0, 0.05) is 18.2 Å². The van der Waals surface area contributed by atoms with Gasteiger partial charge in [0.1, 0.15) is 12.3 Å². The number of halogens is 2. The SMILES string of the molecule is CN(CC(=O)NCC(=O)O)Cc1cc2c(cc1OC(F)F)OCO2. The minimum atomic E-state index is -3.01. The number of alkyl halides is 2. The van der Waals surface area contributed by atoms with Gasteiger partial charge in [-0.1, -0.05) is 0 Å². The average molecular weight is 346 g/mol. The summed E-state index contributed by atoms with van der Waals surface area (Å²) >= 11 is 0. The van der Waals surface area contributed by atoms with E-state index in [9.17, 15) is 18.4 Å². The Bertz CT molecular complexity index is 626. The Hall–Kier alpha value is -2.62. The smallest absolute Gasteiger partial charge is 0.387 e. The van der Waals surface area contributed by atoms with Crippen molar-refractivity contribution in [2.75, 3.05) is 26.9 Å². The molecule has 1 aromatic rings. The molecule has 2 N–H and O–H groups in total. The van der Waals surface area contributed by atoms with Crippen LogP contribution in [0.4, 0.5) is 8.78 Å². The minimum absolute atomic E-state index is 0.0136. The molecule has 0 unspecified atom stereocenters. The maximum Gasteiger partial charge on any atom is 0.387 e. The van der Waals surface area contributed by atoms with Gasteiger partial charge >= 0.3 is 12.6 Å². The number of hydrogen-bond donors (Lipinski definition) is 2. The Kier molecular flexibility index (Phi) is 5.74. The third-order valence-electron chi connectivity index (χ3n) is 3.06. The second kappa shape index (κ2) is 7.77. The van der Waals surface area contributed by atoms with E-state index < -0.39 is 25.0 Å². The Morgan fingerprint density at radius 3 is 2.67 bits per heavy atom. The van der Waals surface area contributed by atoms with Crippen molar-refractivity contribution in [2.24, 2.45) is 0 Å². The number of amides is 1. The summed E-state index contributed by atoms with van der Waals surface area (Å²) in [4.78, 5) is 23.5. The quantitative estimate of drug-likeness (QED) is 0.713. The molecule has 1 aliphatic rings. The molecule has 132 valence electrons. The number of likely N-dealkylation sites (N-methyl/N-ethyl adjacent to an activating group) is 1. The lowest BCUT2D eigenvalue weighted by Gasteiger charge is -2.18. The molecule has 0 radical (unpaired) electrons. The number of hydrogen-bond acceptors (Lipinski definition) is 6. The molecule has 1 aliphatic heterocycles. The summed E-state index contributed by atoms with van der Waals surface area (Å²) < 4.78 is 39.9. The topological polar surface area (TPSA) is 97.3 Å². The molecule has 0 bridgehead atoms. The van der Waals surface area contributed by atoms with Crippen LogP contribution in [-0.4, -0.2) is 55.4 Å². The molecule has 0 atom stereocenters. The largest absolute Gasteiger partial charge is 0.480 e. The van der Waals surface area contributed by atoms with Crippen molar-refractivity contribution in [1.29, 1.82) is 0 Å². The summed E-state index contributed by atoms with van der Waals surface area (Å²) in [5.74, 6) is -1.04. The van der Waals surface area contributed by atoms with E-state index in [0.29, 0.717) is 17.1 Å². The zero-order chi connectivity index (χ0) is 17.7. The van der Waals surface area contributed by atoms with Gasteiger partial charge < -0.3 is 24.6 Å². The monoisotopic (exact) mass is 346 g/mol. The second-order valence-electron chi connectivity index (χ2n) is 5.03. The maximum atomic E-state index is 12.5. The molecule has 0 saturated heterocycles. The highest BCUT2D eigenvalue weighted by Crippen LogP contribution is 2.39. The Labute approximate surface area is 135 Å². The number of carboxylic acids is 1. The number of fused-ring (bicyclic) bond motifs is 1. The second-order valence-corrected chi connectivity index (χ2v) is 5.03. The first-order chi connectivity index (χ1) is 11.3. The maximum absolute atomic E-state index is 12.5. The van der Waals surface area contributed by atoms with Crippen LogP contribution in [0.5, 0.6) is 17.2 Å². The van der Waals surface area contributed by atoms with E-state index in [1.54, 1.807) is 7.05 Å². The first kappa shape index (κ1) is 17.7. The molecule has 24 heavy (non-hydrogen) atoms. The zero-order valence-electron chi connectivity index (χ0n) is 12.8. The van der Waals surface area contributed by atoms with E-state index in [4.69, 9.17) is 14.6 Å². The summed E-state index contributed by atoms with van der Waals surface area (Å²) in [6.07, 6.45) is 0. The van der Waals surface area contributed by atoms with Crippen molar-refractivity contribution in [2.45, 2.75) is 13.2 Å². The third-order valence-corrected chi connectivity index (χ3v) is 3.06. The lowest BCUT2D eigenvalue weighted by atomic mass is 10.1.